The minimum absolute atomic E-state index is 0.00337. The number of rotatable bonds is 27. The van der Waals surface area contributed by atoms with E-state index in [2.05, 4.69) is 42.0 Å². The van der Waals surface area contributed by atoms with Gasteiger partial charge in [-0.05, 0) is 82.1 Å². The molecule has 11 heteroatoms. The number of ether oxygens (including phenoxy) is 3. The highest BCUT2D eigenvalue weighted by Gasteiger charge is 2.33. The summed E-state index contributed by atoms with van der Waals surface area (Å²) in [6.07, 6.45) is 14.1. The molecule has 1 amide bonds. The van der Waals surface area contributed by atoms with Gasteiger partial charge in [-0.3, -0.25) is 9.69 Å². The number of amides is 1. The Morgan fingerprint density at radius 2 is 1.58 bits per heavy atom. The molecule has 0 aliphatic heterocycles. The van der Waals surface area contributed by atoms with Crippen molar-refractivity contribution in [2.45, 2.75) is 122 Å². The van der Waals surface area contributed by atoms with Crippen LogP contribution in [0.15, 0.2) is 42.5 Å². The van der Waals surface area contributed by atoms with E-state index in [1.54, 1.807) is 20.3 Å². The molecular weight excluding hydrogens is 636 g/mol. The van der Waals surface area contributed by atoms with Crippen LogP contribution in [0, 0.1) is 21.4 Å². The van der Waals surface area contributed by atoms with Gasteiger partial charge in [0.2, 0.25) is 0 Å². The summed E-state index contributed by atoms with van der Waals surface area (Å²) in [5.41, 5.74) is 1.37. The van der Waals surface area contributed by atoms with Crippen LogP contribution in [0.25, 0.3) is 0 Å². The van der Waals surface area contributed by atoms with Gasteiger partial charge in [-0.1, -0.05) is 89.3 Å². The zero-order chi connectivity index (χ0) is 36.8. The van der Waals surface area contributed by atoms with Gasteiger partial charge in [-0.25, -0.2) is 0 Å². The number of hydrogen-bond donors (Lipinski definition) is 1. The Labute approximate surface area is 299 Å². The van der Waals surface area contributed by atoms with Crippen molar-refractivity contribution in [2.75, 3.05) is 41.0 Å². The molecule has 50 heavy (non-hydrogen) atoms. The van der Waals surface area contributed by atoms with Gasteiger partial charge in [0.05, 0.1) is 25.7 Å². The number of benzene rings is 2. The molecule has 0 radical (unpaired) electrons. The normalized spacial score (nSPS) is 13.5. The molecule has 0 aromatic heterocycles. The molecule has 3 atom stereocenters. The Balaban J connectivity index is 1.99. The molecule has 278 valence electrons. The number of methoxy groups -OCH3 is 2. The molecule has 0 aliphatic carbocycles. The predicted molar refractivity (Wildman–Crippen MR) is 196 cm³/mol. The molecule has 2 aromatic rings. The second kappa shape index (κ2) is 23.4. The van der Waals surface area contributed by atoms with Gasteiger partial charge in [0.25, 0.3) is 11.0 Å². The Morgan fingerprint density at radius 3 is 2.20 bits per heavy atom. The van der Waals surface area contributed by atoms with E-state index in [9.17, 15) is 20.2 Å². The van der Waals surface area contributed by atoms with Gasteiger partial charge in [-0.15, -0.1) is 10.1 Å². The van der Waals surface area contributed by atoms with Crippen molar-refractivity contribution in [3.63, 3.8) is 0 Å². The highest BCUT2D eigenvalue weighted by atomic mass is 17.0. The molecule has 0 aliphatic rings. The lowest BCUT2D eigenvalue weighted by molar-refractivity contribution is -0.767. The van der Waals surface area contributed by atoms with Crippen LogP contribution in [0.3, 0.4) is 0 Å². The van der Waals surface area contributed by atoms with Crippen molar-refractivity contribution < 1.29 is 28.9 Å². The number of nitriles is 1. The average Bonchev–Trinajstić information content (AvgIpc) is 3.12. The number of hydrogen-bond acceptors (Lipinski definition) is 9. The van der Waals surface area contributed by atoms with Gasteiger partial charge in [0.1, 0.15) is 11.9 Å². The molecule has 0 heterocycles. The SMILES string of the molecule is CCCCCCCCCCCCC(C#N)(CCCN(C)C(C)c1cccc(OCC(=O)NCC(C)O[N+](=O)[O-])c1)c1ccc(OC)c(OC)c1. The molecule has 0 bridgehead atoms. The summed E-state index contributed by atoms with van der Waals surface area (Å²) >= 11 is 0. The maximum Gasteiger partial charge on any atom is 0.294 e. The third kappa shape index (κ3) is 14.8. The van der Waals surface area contributed by atoms with Crippen LogP contribution in [0.2, 0.25) is 0 Å². The van der Waals surface area contributed by atoms with Crippen molar-refractivity contribution in [3.8, 4) is 23.3 Å². The summed E-state index contributed by atoms with van der Waals surface area (Å²) in [5.74, 6) is 1.45. The lowest BCUT2D eigenvalue weighted by Gasteiger charge is -2.30. The Hall–Kier alpha value is -4.04. The largest absolute Gasteiger partial charge is 0.493 e. The van der Waals surface area contributed by atoms with Crippen LogP contribution in [0.4, 0.5) is 0 Å². The zero-order valence-electron chi connectivity index (χ0n) is 31.2. The summed E-state index contributed by atoms with van der Waals surface area (Å²) in [5, 5.41) is 22.9. The van der Waals surface area contributed by atoms with Crippen LogP contribution in [-0.2, 0) is 15.0 Å². The van der Waals surface area contributed by atoms with E-state index < -0.39 is 22.5 Å². The highest BCUT2D eigenvalue weighted by molar-refractivity contribution is 5.77. The Kier molecular flexibility index (Phi) is 19.7. The van der Waals surface area contributed by atoms with E-state index >= 15 is 0 Å². The molecule has 3 unspecified atom stereocenters. The van der Waals surface area contributed by atoms with Crippen molar-refractivity contribution in [1.29, 1.82) is 5.26 Å². The molecule has 11 nitrogen and oxygen atoms in total. The van der Waals surface area contributed by atoms with Crippen LogP contribution in [-0.4, -0.2) is 63.0 Å². The molecule has 0 fully saturated rings. The third-order valence-corrected chi connectivity index (χ3v) is 9.45. The lowest BCUT2D eigenvalue weighted by Crippen LogP contribution is -2.36. The molecule has 2 aromatic carbocycles. The van der Waals surface area contributed by atoms with E-state index in [1.165, 1.54) is 58.3 Å². The fourth-order valence-corrected chi connectivity index (χ4v) is 6.22. The van der Waals surface area contributed by atoms with Gasteiger partial charge in [-0.2, -0.15) is 5.26 Å². The summed E-state index contributed by atoms with van der Waals surface area (Å²) < 4.78 is 16.8. The topological polar surface area (TPSA) is 136 Å². The number of nitrogens with zero attached hydrogens (tertiary/aromatic N) is 3. The fraction of sp³-hybridized carbons (Fsp3) is 0.641. The maximum absolute atomic E-state index is 12.2. The van der Waals surface area contributed by atoms with E-state index in [0.29, 0.717) is 17.2 Å². The van der Waals surface area contributed by atoms with Crippen LogP contribution < -0.4 is 19.5 Å². The van der Waals surface area contributed by atoms with Gasteiger partial charge < -0.3 is 24.4 Å². The molecular formula is C39H60N4O7. The Bertz CT molecular complexity index is 1330. The van der Waals surface area contributed by atoms with Crippen molar-refractivity contribution in [3.05, 3.63) is 63.7 Å². The summed E-state index contributed by atoms with van der Waals surface area (Å²) in [6, 6.07) is 16.3. The second-order valence-electron chi connectivity index (χ2n) is 13.3. The first-order chi connectivity index (χ1) is 24.1. The maximum atomic E-state index is 12.2. The lowest BCUT2D eigenvalue weighted by atomic mass is 9.74. The third-order valence-electron chi connectivity index (χ3n) is 9.45. The quantitative estimate of drug-likeness (QED) is 0.0555. The number of nitrogens with one attached hydrogen (secondary N) is 1. The molecule has 1 N–H and O–H groups in total. The standard InChI is InChI=1S/C39H60N4O7/c1-7-8-9-10-11-12-13-14-15-16-23-39(30-40,34-21-22-36(47-5)37(27-34)48-6)24-18-25-42(4)32(3)33-19-17-20-35(26-33)49-29-38(44)41-28-31(2)50-43(45)46/h17,19-22,26-27,31-32H,7-16,18,23-25,28-29H2,1-6H3,(H,41,44). The number of unbranched alkanes of at least 4 members (excludes halogenated alkanes) is 9. The smallest absolute Gasteiger partial charge is 0.294 e. The van der Waals surface area contributed by atoms with Gasteiger partial charge in [0.15, 0.2) is 18.1 Å². The number of carbonyl (C=O) groups excluding carboxylic acids is 1. The first-order valence-electron chi connectivity index (χ1n) is 18.2. The first kappa shape index (κ1) is 42.1. The summed E-state index contributed by atoms with van der Waals surface area (Å²) in [6.45, 7) is 6.44. The van der Waals surface area contributed by atoms with E-state index in [-0.39, 0.29) is 19.2 Å². The minimum Gasteiger partial charge on any atom is -0.493 e. The predicted octanol–water partition coefficient (Wildman–Crippen LogP) is 8.34. The van der Waals surface area contributed by atoms with E-state index in [0.717, 1.165) is 49.8 Å². The first-order valence-corrected chi connectivity index (χ1v) is 18.2. The summed E-state index contributed by atoms with van der Waals surface area (Å²) in [7, 11) is 5.32. The monoisotopic (exact) mass is 696 g/mol. The van der Waals surface area contributed by atoms with Gasteiger partial charge in [0, 0.05) is 12.6 Å². The Morgan fingerprint density at radius 1 is 0.940 bits per heavy atom. The molecule has 0 saturated carbocycles. The highest BCUT2D eigenvalue weighted by Crippen LogP contribution is 2.39. The average molecular weight is 697 g/mol. The van der Waals surface area contributed by atoms with Crippen molar-refractivity contribution >= 4 is 5.91 Å². The van der Waals surface area contributed by atoms with Crippen LogP contribution >= 0.6 is 0 Å². The van der Waals surface area contributed by atoms with Crippen molar-refractivity contribution in [1.82, 2.24) is 10.2 Å². The zero-order valence-corrected chi connectivity index (χ0v) is 31.2. The second-order valence-corrected chi connectivity index (χ2v) is 13.3. The fourth-order valence-electron chi connectivity index (χ4n) is 6.22. The van der Waals surface area contributed by atoms with E-state index in [1.807, 2.05) is 36.4 Å². The summed E-state index contributed by atoms with van der Waals surface area (Å²) in [4.78, 5) is 29.3. The van der Waals surface area contributed by atoms with Crippen molar-refractivity contribution in [2.24, 2.45) is 0 Å². The molecule has 2 rings (SSSR count). The molecule has 0 spiro atoms. The molecule has 0 saturated heterocycles. The van der Waals surface area contributed by atoms with E-state index in [4.69, 9.17) is 14.2 Å². The minimum atomic E-state index is -0.880. The number of carbonyl (C=O) groups is 1. The van der Waals surface area contributed by atoms with Crippen LogP contribution in [0.1, 0.15) is 121 Å². The van der Waals surface area contributed by atoms with Crippen LogP contribution in [0.5, 0.6) is 17.2 Å². The van der Waals surface area contributed by atoms with Gasteiger partial charge >= 0.3 is 0 Å².